The summed E-state index contributed by atoms with van der Waals surface area (Å²) in [6.07, 6.45) is 0. The second-order valence-corrected chi connectivity index (χ2v) is 21.4. The average molecular weight is 699 g/mol. The molecule has 0 N–H and O–H groups in total. The number of benzene rings is 8. The summed E-state index contributed by atoms with van der Waals surface area (Å²) < 4.78 is 2.39. The van der Waals surface area contributed by atoms with Gasteiger partial charge >= 0.3 is 0 Å². The molecule has 0 unspecified atom stereocenters. The van der Waals surface area contributed by atoms with Crippen LogP contribution in [0.4, 0.5) is 17.1 Å². The van der Waals surface area contributed by atoms with Crippen molar-refractivity contribution in [3.05, 3.63) is 175 Å². The molecule has 53 heavy (non-hydrogen) atoms. The SMILES string of the molecule is CC1(C)c2cccc3ccc4cc(N(c5ccc(-c6ccc([Si](C)(C)C)cc6)cc5)c5ccc6c(c5)c5ccccc5n6-c5ccccc5)cc1c4c23. The van der Waals surface area contributed by atoms with Crippen LogP contribution in [0.2, 0.25) is 19.6 Å². The molecule has 0 saturated heterocycles. The van der Waals surface area contributed by atoms with Gasteiger partial charge in [0.2, 0.25) is 0 Å². The lowest BCUT2D eigenvalue weighted by atomic mass is 9.81. The lowest BCUT2D eigenvalue weighted by molar-refractivity contribution is 0.663. The van der Waals surface area contributed by atoms with Crippen LogP contribution >= 0.6 is 0 Å². The van der Waals surface area contributed by atoms with Crippen molar-refractivity contribution in [2.45, 2.75) is 38.9 Å². The van der Waals surface area contributed by atoms with Gasteiger partial charge in [0, 0.05) is 38.9 Å². The van der Waals surface area contributed by atoms with Crippen molar-refractivity contribution in [1.29, 1.82) is 0 Å². The maximum atomic E-state index is 2.46. The van der Waals surface area contributed by atoms with Crippen molar-refractivity contribution >= 4 is 73.7 Å². The highest BCUT2D eigenvalue weighted by molar-refractivity contribution is 6.88. The van der Waals surface area contributed by atoms with Gasteiger partial charge in [0.25, 0.3) is 0 Å². The molecular weight excluding hydrogens is 657 g/mol. The van der Waals surface area contributed by atoms with Gasteiger partial charge in [0.15, 0.2) is 0 Å². The third kappa shape index (κ3) is 4.91. The van der Waals surface area contributed by atoms with Crippen molar-refractivity contribution in [1.82, 2.24) is 4.57 Å². The number of anilines is 3. The van der Waals surface area contributed by atoms with E-state index in [1.807, 2.05) is 0 Å². The number of fused-ring (bicyclic) bond motifs is 3. The first-order valence-corrected chi connectivity index (χ1v) is 22.3. The highest BCUT2D eigenvalue weighted by Gasteiger charge is 2.35. The summed E-state index contributed by atoms with van der Waals surface area (Å²) in [6, 6.07) is 61.2. The predicted molar refractivity (Wildman–Crippen MR) is 231 cm³/mol. The third-order valence-electron chi connectivity index (χ3n) is 11.7. The van der Waals surface area contributed by atoms with Gasteiger partial charge in [0.1, 0.15) is 0 Å². The monoisotopic (exact) mass is 698 g/mol. The smallest absolute Gasteiger partial charge is 0.0775 e. The summed E-state index contributed by atoms with van der Waals surface area (Å²) in [5.74, 6) is 0. The summed E-state index contributed by atoms with van der Waals surface area (Å²) in [5.41, 5.74) is 12.2. The van der Waals surface area contributed by atoms with Crippen LogP contribution in [-0.2, 0) is 5.41 Å². The molecule has 0 saturated carbocycles. The van der Waals surface area contributed by atoms with Crippen LogP contribution in [0.5, 0.6) is 0 Å². The fourth-order valence-electron chi connectivity index (χ4n) is 8.88. The zero-order valence-corrected chi connectivity index (χ0v) is 32.0. The Morgan fingerprint density at radius 2 is 1.11 bits per heavy atom. The van der Waals surface area contributed by atoms with E-state index in [0.717, 1.165) is 11.4 Å². The van der Waals surface area contributed by atoms with E-state index >= 15 is 0 Å². The Balaban J connectivity index is 1.18. The summed E-state index contributed by atoms with van der Waals surface area (Å²) in [7, 11) is -1.37. The van der Waals surface area contributed by atoms with Gasteiger partial charge in [-0.25, -0.2) is 0 Å². The lowest BCUT2D eigenvalue weighted by Gasteiger charge is -2.29. The molecule has 1 aliphatic carbocycles. The maximum absolute atomic E-state index is 2.46. The van der Waals surface area contributed by atoms with Crippen molar-refractivity contribution < 1.29 is 0 Å². The molecule has 3 heteroatoms. The summed E-state index contributed by atoms with van der Waals surface area (Å²) in [4.78, 5) is 2.46. The van der Waals surface area contributed by atoms with E-state index in [-0.39, 0.29) is 5.41 Å². The Hall–Kier alpha value is -5.90. The first-order valence-electron chi connectivity index (χ1n) is 18.8. The molecule has 0 radical (unpaired) electrons. The molecule has 8 aromatic carbocycles. The van der Waals surface area contributed by atoms with Crippen LogP contribution in [0.3, 0.4) is 0 Å². The average Bonchev–Trinajstić information content (AvgIpc) is 3.63. The minimum atomic E-state index is -1.37. The van der Waals surface area contributed by atoms with E-state index < -0.39 is 8.07 Å². The van der Waals surface area contributed by atoms with Gasteiger partial charge in [-0.15, -0.1) is 0 Å². The molecule has 0 bridgehead atoms. The van der Waals surface area contributed by atoms with Crippen molar-refractivity contribution in [2.75, 3.05) is 4.90 Å². The van der Waals surface area contributed by atoms with Gasteiger partial charge in [-0.05, 0) is 104 Å². The Labute approximate surface area is 312 Å². The molecule has 9 aromatic rings. The molecule has 0 atom stereocenters. The van der Waals surface area contributed by atoms with E-state index in [9.17, 15) is 0 Å². The van der Waals surface area contributed by atoms with Gasteiger partial charge in [0.05, 0.1) is 19.1 Å². The van der Waals surface area contributed by atoms with E-state index in [2.05, 4.69) is 207 Å². The van der Waals surface area contributed by atoms with E-state index in [1.165, 1.54) is 82.2 Å². The van der Waals surface area contributed by atoms with Crippen LogP contribution in [-0.4, -0.2) is 12.6 Å². The van der Waals surface area contributed by atoms with Gasteiger partial charge in [-0.3, -0.25) is 0 Å². The fraction of sp³-hybridized carbons (Fsp3) is 0.120. The van der Waals surface area contributed by atoms with Crippen LogP contribution < -0.4 is 10.1 Å². The minimum Gasteiger partial charge on any atom is -0.310 e. The van der Waals surface area contributed by atoms with Gasteiger partial charge in [-0.2, -0.15) is 0 Å². The number of para-hydroxylation sites is 2. The predicted octanol–water partition coefficient (Wildman–Crippen LogP) is 13.4. The molecule has 10 rings (SSSR count). The van der Waals surface area contributed by atoms with E-state index in [0.29, 0.717) is 0 Å². The number of nitrogens with zero attached hydrogens (tertiary/aromatic N) is 2. The quantitative estimate of drug-likeness (QED) is 0.124. The highest BCUT2D eigenvalue weighted by Crippen LogP contribution is 2.51. The Kier molecular flexibility index (Phi) is 6.93. The number of rotatable bonds is 6. The van der Waals surface area contributed by atoms with Crippen molar-refractivity contribution in [3.63, 3.8) is 0 Å². The molecule has 0 aliphatic heterocycles. The fourth-order valence-corrected chi connectivity index (χ4v) is 10.0. The van der Waals surface area contributed by atoms with Crippen molar-refractivity contribution in [2.24, 2.45) is 0 Å². The zero-order valence-electron chi connectivity index (χ0n) is 31.0. The molecule has 0 spiro atoms. The minimum absolute atomic E-state index is 0.109. The Bertz CT molecular complexity index is 2870. The van der Waals surface area contributed by atoms with Gasteiger partial charge in [-0.1, -0.05) is 142 Å². The molecule has 256 valence electrons. The number of hydrogen-bond acceptors (Lipinski definition) is 1. The third-order valence-corrected chi connectivity index (χ3v) is 13.8. The summed E-state index contributed by atoms with van der Waals surface area (Å²) in [5, 5.41) is 9.38. The molecule has 1 heterocycles. The van der Waals surface area contributed by atoms with Crippen LogP contribution in [0.15, 0.2) is 164 Å². The normalized spacial score (nSPS) is 13.5. The Morgan fingerprint density at radius 1 is 0.472 bits per heavy atom. The molecule has 0 fully saturated rings. The first kappa shape index (κ1) is 31.8. The second-order valence-electron chi connectivity index (χ2n) is 16.3. The van der Waals surface area contributed by atoms with Crippen LogP contribution in [0, 0.1) is 0 Å². The standard InChI is InChI=1S/C50H42N2Si/c1-50(2)44-16-11-12-35-18-19-36-30-40(32-45(50)49(36)48(35)44)51(38-24-20-33(21-25-38)34-22-27-41(28-23-34)53(3,4)5)39-26-29-47-43(31-39)42-15-9-10-17-46(42)52(47)37-13-7-6-8-14-37/h6-32H,1-5H3. The molecular formula is C50H42N2Si. The summed E-state index contributed by atoms with van der Waals surface area (Å²) in [6.45, 7) is 12.0. The van der Waals surface area contributed by atoms with Crippen molar-refractivity contribution in [3.8, 4) is 16.8 Å². The number of aromatic nitrogens is 1. The lowest BCUT2D eigenvalue weighted by Crippen LogP contribution is -2.37. The molecule has 2 nitrogen and oxygen atoms in total. The molecule has 1 aromatic heterocycles. The van der Waals surface area contributed by atoms with Gasteiger partial charge < -0.3 is 9.47 Å². The molecule has 0 amide bonds. The number of hydrogen-bond donors (Lipinski definition) is 0. The Morgan fingerprint density at radius 3 is 1.87 bits per heavy atom. The van der Waals surface area contributed by atoms with E-state index in [4.69, 9.17) is 0 Å². The zero-order chi connectivity index (χ0) is 36.1. The maximum Gasteiger partial charge on any atom is 0.0775 e. The second kappa shape index (κ2) is 11.5. The topological polar surface area (TPSA) is 8.17 Å². The van der Waals surface area contributed by atoms with Crippen LogP contribution in [0.1, 0.15) is 25.0 Å². The summed E-state index contributed by atoms with van der Waals surface area (Å²) >= 11 is 0. The largest absolute Gasteiger partial charge is 0.310 e. The van der Waals surface area contributed by atoms with E-state index in [1.54, 1.807) is 0 Å². The van der Waals surface area contributed by atoms with Crippen LogP contribution in [0.25, 0.3) is 60.2 Å². The molecule has 1 aliphatic rings. The highest BCUT2D eigenvalue weighted by atomic mass is 28.3. The first-order chi connectivity index (χ1) is 25.7.